The summed E-state index contributed by atoms with van der Waals surface area (Å²) in [5, 5.41) is 11.1. The van der Waals surface area contributed by atoms with Crippen LogP contribution in [0.3, 0.4) is 0 Å². The normalized spacial score (nSPS) is 11.2. The quantitative estimate of drug-likeness (QED) is 0.106. The minimum Gasteiger partial charge on any atom is -0.379 e. The number of rotatable bonds is 10. The molecule has 0 bridgehead atoms. The highest BCUT2D eigenvalue weighted by Gasteiger charge is 2.19. The summed E-state index contributed by atoms with van der Waals surface area (Å²) < 4.78 is 60.9. The predicted octanol–water partition coefficient (Wildman–Crippen LogP) is 7.82. The van der Waals surface area contributed by atoms with E-state index in [2.05, 4.69) is 21.3 Å². The highest BCUT2D eigenvalue weighted by atomic mass is 35.5. The van der Waals surface area contributed by atoms with Gasteiger partial charge in [-0.1, -0.05) is 47.5 Å². The summed E-state index contributed by atoms with van der Waals surface area (Å²) in [6.45, 7) is 0. The van der Waals surface area contributed by atoms with Crippen LogP contribution >= 0.6 is 23.2 Å². The average molecular weight is 728 g/mol. The summed E-state index contributed by atoms with van der Waals surface area (Å²) in [6.07, 6.45) is 0. The molecule has 0 unspecified atom stereocenters. The molecule has 4 N–H and O–H groups in total. The fraction of sp³-hybridized carbons (Fsp3) is 0. The van der Waals surface area contributed by atoms with E-state index in [0.29, 0.717) is 10.0 Å². The Kier molecular flexibility index (Phi) is 10.4. The first-order chi connectivity index (χ1) is 22.9. The van der Waals surface area contributed by atoms with Gasteiger partial charge in [0, 0.05) is 33.6 Å². The molecule has 0 saturated heterocycles. The largest absolute Gasteiger partial charge is 0.379 e. The Hall–Kier alpha value is -5.28. The van der Waals surface area contributed by atoms with E-state index in [4.69, 9.17) is 31.6 Å². The van der Waals surface area contributed by atoms with Crippen molar-refractivity contribution in [1.82, 2.24) is 0 Å². The zero-order chi connectivity index (χ0) is 34.3. The summed E-state index contributed by atoms with van der Waals surface area (Å²) in [5.74, 6) is -0.0860. The molecule has 0 atom stereocenters. The van der Waals surface area contributed by atoms with Crippen LogP contribution in [-0.2, 0) is 20.2 Å². The van der Waals surface area contributed by atoms with Crippen molar-refractivity contribution >= 4 is 78.2 Å². The van der Waals surface area contributed by atoms with Crippen molar-refractivity contribution in [3.8, 4) is 11.5 Å². The second kappa shape index (κ2) is 14.6. The Balaban J connectivity index is 1.20. The third-order valence-corrected chi connectivity index (χ3v) is 9.25. The lowest BCUT2D eigenvalue weighted by Gasteiger charge is -2.14. The molecule has 0 fully saturated rings. The molecule has 5 aromatic carbocycles. The zero-order valence-corrected chi connectivity index (χ0v) is 27.5. The Morgan fingerprint density at radius 3 is 1.23 bits per heavy atom. The molecule has 48 heavy (non-hydrogen) atoms. The maximum Gasteiger partial charge on any atom is 0.339 e. The molecule has 4 amide bonds. The van der Waals surface area contributed by atoms with Crippen molar-refractivity contribution in [3.63, 3.8) is 0 Å². The molecule has 246 valence electrons. The molecule has 5 aromatic rings. The number of benzene rings is 5. The number of amides is 4. The van der Waals surface area contributed by atoms with Gasteiger partial charge in [0.15, 0.2) is 0 Å². The van der Waals surface area contributed by atoms with Crippen molar-refractivity contribution in [2.45, 2.75) is 9.79 Å². The van der Waals surface area contributed by atoms with Crippen LogP contribution in [0.5, 0.6) is 11.5 Å². The lowest BCUT2D eigenvalue weighted by atomic mass is 10.2. The second-order valence-corrected chi connectivity index (χ2v) is 13.7. The minimum absolute atomic E-state index is 0.0430. The summed E-state index contributed by atoms with van der Waals surface area (Å²) in [5.41, 5.74) is 0.905. The van der Waals surface area contributed by atoms with Gasteiger partial charge >= 0.3 is 32.3 Å². The minimum atomic E-state index is -4.16. The van der Waals surface area contributed by atoms with E-state index in [0.717, 1.165) is 0 Å². The molecule has 0 radical (unpaired) electrons. The number of hydrogen-bond acceptors (Lipinski definition) is 8. The molecule has 0 spiro atoms. The summed E-state index contributed by atoms with van der Waals surface area (Å²) in [7, 11) is -8.32. The third-order valence-electron chi connectivity index (χ3n) is 6.22. The van der Waals surface area contributed by atoms with Gasteiger partial charge in [0.2, 0.25) is 0 Å². The topological polar surface area (TPSA) is 169 Å². The van der Waals surface area contributed by atoms with Gasteiger partial charge in [0.1, 0.15) is 21.3 Å². The smallest absolute Gasteiger partial charge is 0.339 e. The number of para-hydroxylation sites is 2. The first-order valence-corrected chi connectivity index (χ1v) is 17.3. The average Bonchev–Trinajstić information content (AvgIpc) is 3.02. The molecular weight excluding hydrogens is 703 g/mol. The van der Waals surface area contributed by atoms with E-state index in [1.807, 2.05) is 0 Å². The highest BCUT2D eigenvalue weighted by molar-refractivity contribution is 7.87. The Morgan fingerprint density at radius 2 is 0.854 bits per heavy atom. The zero-order valence-electron chi connectivity index (χ0n) is 24.4. The van der Waals surface area contributed by atoms with E-state index < -0.39 is 32.3 Å². The fourth-order valence-corrected chi connectivity index (χ4v) is 6.17. The molecule has 0 saturated carbocycles. The first-order valence-electron chi connectivity index (χ1n) is 13.7. The number of halogens is 2. The number of nitrogens with one attached hydrogen (secondary N) is 4. The number of carbonyl (C=O) groups is 2. The van der Waals surface area contributed by atoms with E-state index in [1.54, 1.807) is 24.3 Å². The molecule has 0 aliphatic heterocycles. The summed E-state index contributed by atoms with van der Waals surface area (Å²) in [6, 6.07) is 27.4. The molecule has 12 nitrogen and oxygen atoms in total. The maximum atomic E-state index is 12.8. The van der Waals surface area contributed by atoms with Crippen LogP contribution in [0.25, 0.3) is 0 Å². The molecule has 0 heterocycles. The van der Waals surface area contributed by atoms with Crippen LogP contribution in [0.2, 0.25) is 10.0 Å². The Labute approximate surface area is 285 Å². The number of carbonyl (C=O) groups excluding carboxylic acids is 2. The predicted molar refractivity (Wildman–Crippen MR) is 183 cm³/mol. The van der Waals surface area contributed by atoms with E-state index in [1.165, 1.54) is 97.1 Å². The van der Waals surface area contributed by atoms with Crippen molar-refractivity contribution in [2.75, 3.05) is 21.3 Å². The van der Waals surface area contributed by atoms with Crippen LogP contribution < -0.4 is 29.6 Å². The third kappa shape index (κ3) is 9.17. The van der Waals surface area contributed by atoms with Gasteiger partial charge in [0.05, 0.1) is 11.4 Å². The van der Waals surface area contributed by atoms with Crippen molar-refractivity contribution in [3.05, 3.63) is 131 Å². The van der Waals surface area contributed by atoms with Crippen molar-refractivity contribution < 1.29 is 34.8 Å². The summed E-state index contributed by atoms with van der Waals surface area (Å²) in [4.78, 5) is 25.5. The van der Waals surface area contributed by atoms with Gasteiger partial charge in [-0.05, 0) is 84.9 Å². The first kappa shape index (κ1) is 34.1. The standard InChI is InChI=1S/C32H24Cl2N4O8S2/c33-21-11-15-27(16-12-21)47(41,42)45-25-7-3-5-23(19-25)35-31(39)37-29-9-1-2-10-30(29)38-32(40)36-24-6-4-8-26(20-24)46-48(43,44)28-17-13-22(34)14-18-28/h1-20H,(H2,35,37,39)(H2,36,38,40). The summed E-state index contributed by atoms with van der Waals surface area (Å²) >= 11 is 11.7. The lowest BCUT2D eigenvalue weighted by Crippen LogP contribution is -2.23. The van der Waals surface area contributed by atoms with E-state index in [-0.39, 0.29) is 44.0 Å². The van der Waals surface area contributed by atoms with Crippen LogP contribution in [0, 0.1) is 0 Å². The molecule has 0 aliphatic carbocycles. The van der Waals surface area contributed by atoms with Crippen LogP contribution in [-0.4, -0.2) is 28.9 Å². The number of urea groups is 2. The van der Waals surface area contributed by atoms with Gasteiger partial charge in [0.25, 0.3) is 0 Å². The molecule has 0 aromatic heterocycles. The molecule has 0 aliphatic rings. The van der Waals surface area contributed by atoms with Gasteiger partial charge in [-0.15, -0.1) is 0 Å². The Bertz CT molecular complexity index is 2030. The van der Waals surface area contributed by atoms with Crippen LogP contribution in [0.1, 0.15) is 0 Å². The van der Waals surface area contributed by atoms with E-state index >= 15 is 0 Å². The fourth-order valence-electron chi connectivity index (χ4n) is 4.07. The van der Waals surface area contributed by atoms with Crippen molar-refractivity contribution in [2.24, 2.45) is 0 Å². The molecule has 5 rings (SSSR count). The lowest BCUT2D eigenvalue weighted by molar-refractivity contribution is 0.261. The van der Waals surface area contributed by atoms with Gasteiger partial charge in [-0.2, -0.15) is 16.8 Å². The highest BCUT2D eigenvalue weighted by Crippen LogP contribution is 2.26. The molecular formula is C32H24Cl2N4O8S2. The number of hydrogen-bond donors (Lipinski definition) is 4. The maximum absolute atomic E-state index is 12.8. The monoisotopic (exact) mass is 726 g/mol. The van der Waals surface area contributed by atoms with Crippen LogP contribution in [0.4, 0.5) is 32.3 Å². The second-order valence-electron chi connectivity index (χ2n) is 9.74. The Morgan fingerprint density at radius 1 is 0.479 bits per heavy atom. The van der Waals surface area contributed by atoms with Gasteiger partial charge in [-0.3, -0.25) is 0 Å². The van der Waals surface area contributed by atoms with Gasteiger partial charge < -0.3 is 29.6 Å². The number of anilines is 4. The van der Waals surface area contributed by atoms with Crippen LogP contribution in [0.15, 0.2) is 131 Å². The van der Waals surface area contributed by atoms with E-state index in [9.17, 15) is 26.4 Å². The SMILES string of the molecule is O=C(Nc1cccc(OS(=O)(=O)c2ccc(Cl)cc2)c1)Nc1ccccc1NC(=O)Nc1cccc(OS(=O)(=O)c2ccc(Cl)cc2)c1. The van der Waals surface area contributed by atoms with Gasteiger partial charge in [-0.25, -0.2) is 9.59 Å². The van der Waals surface area contributed by atoms with Crippen molar-refractivity contribution in [1.29, 1.82) is 0 Å². The molecule has 16 heteroatoms.